The van der Waals surface area contributed by atoms with E-state index in [1.54, 1.807) is 24.3 Å². The standard InChI is InChI=1S/C17H17ClN2O3/c1-3-11-6-4-5-7-13(11)19-16(21)17(22)20-14-10-12(18)8-9-15(14)23-2/h4-10H,3H2,1-2H3,(H,19,21)(H,20,22). The topological polar surface area (TPSA) is 67.4 Å². The predicted octanol–water partition coefficient (Wildman–Crippen LogP) is 3.49. The van der Waals surface area contributed by atoms with Gasteiger partial charge in [0.1, 0.15) is 5.75 Å². The van der Waals surface area contributed by atoms with Crippen molar-refractivity contribution in [2.24, 2.45) is 0 Å². The second-order valence-corrected chi connectivity index (χ2v) is 5.20. The van der Waals surface area contributed by atoms with Crippen LogP contribution in [0, 0.1) is 0 Å². The van der Waals surface area contributed by atoms with E-state index in [0.29, 0.717) is 22.1 Å². The molecule has 0 aromatic heterocycles. The molecule has 2 N–H and O–H groups in total. The number of ether oxygens (including phenoxy) is 1. The third kappa shape index (κ3) is 4.23. The molecule has 23 heavy (non-hydrogen) atoms. The fraction of sp³-hybridized carbons (Fsp3) is 0.176. The Hall–Kier alpha value is -2.53. The van der Waals surface area contributed by atoms with Gasteiger partial charge >= 0.3 is 11.8 Å². The summed E-state index contributed by atoms with van der Waals surface area (Å²) in [7, 11) is 1.47. The Balaban J connectivity index is 2.12. The third-order valence-electron chi connectivity index (χ3n) is 3.26. The summed E-state index contributed by atoms with van der Waals surface area (Å²) in [4.78, 5) is 24.1. The van der Waals surface area contributed by atoms with Crippen molar-refractivity contribution in [3.8, 4) is 5.75 Å². The number of para-hydroxylation sites is 1. The van der Waals surface area contributed by atoms with E-state index in [0.717, 1.165) is 12.0 Å². The van der Waals surface area contributed by atoms with Crippen molar-refractivity contribution in [3.05, 3.63) is 53.1 Å². The number of benzene rings is 2. The van der Waals surface area contributed by atoms with Gasteiger partial charge in [-0.25, -0.2) is 0 Å². The minimum atomic E-state index is -0.795. The molecule has 0 saturated carbocycles. The molecular formula is C17H17ClN2O3. The molecule has 2 aromatic rings. The molecule has 0 radical (unpaired) electrons. The van der Waals surface area contributed by atoms with E-state index < -0.39 is 11.8 Å². The lowest BCUT2D eigenvalue weighted by atomic mass is 10.1. The van der Waals surface area contributed by atoms with Crippen molar-refractivity contribution in [3.63, 3.8) is 0 Å². The quantitative estimate of drug-likeness (QED) is 0.842. The van der Waals surface area contributed by atoms with Crippen molar-refractivity contribution in [1.82, 2.24) is 0 Å². The van der Waals surface area contributed by atoms with Crippen molar-refractivity contribution >= 4 is 34.8 Å². The van der Waals surface area contributed by atoms with Crippen LogP contribution in [-0.4, -0.2) is 18.9 Å². The number of amides is 2. The second-order valence-electron chi connectivity index (χ2n) is 4.76. The number of nitrogens with one attached hydrogen (secondary N) is 2. The summed E-state index contributed by atoms with van der Waals surface area (Å²) in [6, 6.07) is 12.1. The van der Waals surface area contributed by atoms with E-state index in [4.69, 9.17) is 16.3 Å². The molecule has 5 nitrogen and oxygen atoms in total. The van der Waals surface area contributed by atoms with E-state index in [2.05, 4.69) is 10.6 Å². The first-order valence-electron chi connectivity index (χ1n) is 7.09. The van der Waals surface area contributed by atoms with Crippen LogP contribution in [-0.2, 0) is 16.0 Å². The Morgan fingerprint density at radius 1 is 1.04 bits per heavy atom. The maximum absolute atomic E-state index is 12.1. The van der Waals surface area contributed by atoms with Gasteiger partial charge in [-0.1, -0.05) is 36.7 Å². The molecule has 0 unspecified atom stereocenters. The number of hydrogen-bond donors (Lipinski definition) is 2. The Labute approximate surface area is 139 Å². The fourth-order valence-corrected chi connectivity index (χ4v) is 2.26. The Bertz CT molecular complexity index is 732. The lowest BCUT2D eigenvalue weighted by Gasteiger charge is -2.12. The molecule has 0 fully saturated rings. The van der Waals surface area contributed by atoms with E-state index in [1.807, 2.05) is 19.1 Å². The van der Waals surface area contributed by atoms with Gasteiger partial charge < -0.3 is 15.4 Å². The molecule has 0 aliphatic rings. The lowest BCUT2D eigenvalue weighted by Crippen LogP contribution is -2.29. The zero-order valence-electron chi connectivity index (χ0n) is 12.9. The van der Waals surface area contributed by atoms with Crippen LogP contribution in [0.3, 0.4) is 0 Å². The highest BCUT2D eigenvalue weighted by Crippen LogP contribution is 2.27. The Kier molecular flexibility index (Phi) is 5.60. The minimum absolute atomic E-state index is 0.337. The minimum Gasteiger partial charge on any atom is -0.495 e. The first-order valence-corrected chi connectivity index (χ1v) is 7.46. The van der Waals surface area contributed by atoms with E-state index in [1.165, 1.54) is 13.2 Å². The van der Waals surface area contributed by atoms with Crippen molar-refractivity contribution in [2.45, 2.75) is 13.3 Å². The number of halogens is 1. The third-order valence-corrected chi connectivity index (χ3v) is 3.50. The van der Waals surface area contributed by atoms with Crippen molar-refractivity contribution < 1.29 is 14.3 Å². The number of methoxy groups -OCH3 is 1. The van der Waals surface area contributed by atoms with Crippen LogP contribution in [0.15, 0.2) is 42.5 Å². The summed E-state index contributed by atoms with van der Waals surface area (Å²) in [5.74, 6) is -1.13. The molecule has 0 heterocycles. The number of hydrogen-bond acceptors (Lipinski definition) is 3. The molecule has 0 atom stereocenters. The van der Waals surface area contributed by atoms with Gasteiger partial charge in [0, 0.05) is 10.7 Å². The molecule has 2 amide bonds. The van der Waals surface area contributed by atoms with Crippen LogP contribution in [0.25, 0.3) is 0 Å². The predicted molar refractivity (Wildman–Crippen MR) is 91.1 cm³/mol. The van der Waals surface area contributed by atoms with Crippen molar-refractivity contribution in [1.29, 1.82) is 0 Å². The number of carbonyl (C=O) groups is 2. The fourth-order valence-electron chi connectivity index (χ4n) is 2.09. The van der Waals surface area contributed by atoms with E-state index >= 15 is 0 Å². The van der Waals surface area contributed by atoms with Crippen LogP contribution in [0.2, 0.25) is 5.02 Å². The van der Waals surface area contributed by atoms with Crippen LogP contribution in [0.4, 0.5) is 11.4 Å². The van der Waals surface area contributed by atoms with Gasteiger partial charge in [0.25, 0.3) is 0 Å². The molecule has 0 saturated heterocycles. The molecule has 120 valence electrons. The molecule has 0 bridgehead atoms. The normalized spacial score (nSPS) is 10.0. The molecule has 2 rings (SSSR count). The van der Waals surface area contributed by atoms with E-state index in [-0.39, 0.29) is 0 Å². The highest BCUT2D eigenvalue weighted by atomic mass is 35.5. The van der Waals surface area contributed by atoms with Gasteiger partial charge in [0.05, 0.1) is 12.8 Å². The van der Waals surface area contributed by atoms with Gasteiger partial charge in [0.15, 0.2) is 0 Å². The number of carbonyl (C=O) groups excluding carboxylic acids is 2. The highest BCUT2D eigenvalue weighted by Gasteiger charge is 2.17. The monoisotopic (exact) mass is 332 g/mol. The number of aryl methyl sites for hydroxylation is 1. The summed E-state index contributed by atoms with van der Waals surface area (Å²) >= 11 is 5.90. The zero-order valence-corrected chi connectivity index (χ0v) is 13.6. The summed E-state index contributed by atoms with van der Waals surface area (Å²) in [6.07, 6.45) is 0.750. The average Bonchev–Trinajstić information content (AvgIpc) is 2.55. The molecule has 0 aliphatic heterocycles. The van der Waals surface area contributed by atoms with Crippen LogP contribution >= 0.6 is 11.6 Å². The van der Waals surface area contributed by atoms with Crippen LogP contribution in [0.5, 0.6) is 5.75 Å². The first-order chi connectivity index (χ1) is 11.0. The number of anilines is 2. The summed E-state index contributed by atoms with van der Waals surface area (Å²) in [5, 5.41) is 5.54. The summed E-state index contributed by atoms with van der Waals surface area (Å²) in [6.45, 7) is 1.97. The van der Waals surface area contributed by atoms with Crippen LogP contribution < -0.4 is 15.4 Å². The second kappa shape index (κ2) is 7.65. The van der Waals surface area contributed by atoms with Crippen LogP contribution in [0.1, 0.15) is 12.5 Å². The summed E-state index contributed by atoms with van der Waals surface area (Å²) < 4.78 is 5.13. The van der Waals surface area contributed by atoms with Gasteiger partial charge in [-0.3, -0.25) is 9.59 Å². The maximum Gasteiger partial charge on any atom is 0.314 e. The van der Waals surface area contributed by atoms with Gasteiger partial charge in [-0.2, -0.15) is 0 Å². The maximum atomic E-state index is 12.1. The molecule has 6 heteroatoms. The SMILES string of the molecule is CCc1ccccc1NC(=O)C(=O)Nc1cc(Cl)ccc1OC. The van der Waals surface area contributed by atoms with Crippen molar-refractivity contribution in [2.75, 3.05) is 17.7 Å². The Morgan fingerprint density at radius 2 is 1.70 bits per heavy atom. The van der Waals surface area contributed by atoms with Gasteiger partial charge in [0.2, 0.25) is 0 Å². The molecule has 0 aliphatic carbocycles. The van der Waals surface area contributed by atoms with Gasteiger partial charge in [-0.15, -0.1) is 0 Å². The zero-order chi connectivity index (χ0) is 16.8. The molecule has 2 aromatic carbocycles. The Morgan fingerprint density at radius 3 is 2.35 bits per heavy atom. The molecular weight excluding hydrogens is 316 g/mol. The number of rotatable bonds is 4. The van der Waals surface area contributed by atoms with Gasteiger partial charge in [-0.05, 0) is 36.2 Å². The average molecular weight is 333 g/mol. The lowest BCUT2D eigenvalue weighted by molar-refractivity contribution is -0.133. The van der Waals surface area contributed by atoms with E-state index in [9.17, 15) is 9.59 Å². The largest absolute Gasteiger partial charge is 0.495 e. The first kappa shape index (κ1) is 16.8. The summed E-state index contributed by atoms with van der Waals surface area (Å²) in [5.41, 5.74) is 1.91. The highest BCUT2D eigenvalue weighted by molar-refractivity contribution is 6.44. The smallest absolute Gasteiger partial charge is 0.314 e. The molecule has 0 spiro atoms.